The van der Waals surface area contributed by atoms with Crippen LogP contribution >= 0.6 is 0 Å². The molecule has 19 heavy (non-hydrogen) atoms. The lowest BCUT2D eigenvalue weighted by Gasteiger charge is -2.08. The number of aromatic nitrogens is 3. The third-order valence-electron chi connectivity index (χ3n) is 2.72. The largest absolute Gasteiger partial charge is 0.433 e. The summed E-state index contributed by atoms with van der Waals surface area (Å²) in [4.78, 5) is 8.15. The lowest BCUT2D eigenvalue weighted by Crippen LogP contribution is -2.00. The van der Waals surface area contributed by atoms with Crippen molar-refractivity contribution in [3.8, 4) is 11.6 Å². The minimum atomic E-state index is -0.420. The number of hydrogen-bond donors (Lipinski definition) is 1. The molecule has 2 aromatic heterocycles. The summed E-state index contributed by atoms with van der Waals surface area (Å²) in [6.07, 6.45) is 4.92. The van der Waals surface area contributed by atoms with Crippen molar-refractivity contribution in [3.05, 3.63) is 48.2 Å². The Morgan fingerprint density at radius 3 is 3.05 bits per heavy atom. The molecule has 2 heterocycles. The molecule has 0 amide bonds. The van der Waals surface area contributed by atoms with Crippen molar-refractivity contribution < 1.29 is 9.13 Å². The molecule has 1 aromatic carbocycles. The Labute approximate surface area is 108 Å². The molecule has 6 heteroatoms. The molecule has 96 valence electrons. The number of nitrogens with two attached hydrogens (primary N) is 1. The van der Waals surface area contributed by atoms with Crippen molar-refractivity contribution in [3.63, 3.8) is 0 Å². The molecule has 0 unspecified atom stereocenters. The highest BCUT2D eigenvalue weighted by molar-refractivity contribution is 5.54. The fourth-order valence-corrected chi connectivity index (χ4v) is 1.79. The molecule has 0 aliphatic carbocycles. The first kappa shape index (κ1) is 11.5. The van der Waals surface area contributed by atoms with Crippen LogP contribution in [0, 0.1) is 12.7 Å². The van der Waals surface area contributed by atoms with E-state index in [1.165, 1.54) is 6.07 Å². The second-order valence-electron chi connectivity index (χ2n) is 4.12. The number of benzene rings is 1. The van der Waals surface area contributed by atoms with E-state index < -0.39 is 5.82 Å². The predicted molar refractivity (Wildman–Crippen MR) is 68.6 cm³/mol. The Morgan fingerprint density at radius 2 is 2.21 bits per heavy atom. The minimum absolute atomic E-state index is 0.1000. The molecule has 0 atom stereocenters. The number of aryl methyl sites for hydroxylation is 1. The second-order valence-corrected chi connectivity index (χ2v) is 4.12. The Morgan fingerprint density at radius 1 is 1.37 bits per heavy atom. The van der Waals surface area contributed by atoms with E-state index in [1.807, 2.05) is 0 Å². The number of imidazole rings is 1. The zero-order valence-electron chi connectivity index (χ0n) is 10.2. The molecular formula is C13H11FN4O. The maximum Gasteiger partial charge on any atom is 0.265 e. The highest BCUT2D eigenvalue weighted by Crippen LogP contribution is 2.27. The minimum Gasteiger partial charge on any atom is -0.433 e. The summed E-state index contributed by atoms with van der Waals surface area (Å²) in [5.41, 5.74) is 6.65. The normalized spacial score (nSPS) is 10.8. The maximum absolute atomic E-state index is 13.9. The molecule has 0 saturated carbocycles. The second kappa shape index (κ2) is 4.24. The fourth-order valence-electron chi connectivity index (χ4n) is 1.79. The van der Waals surface area contributed by atoms with Gasteiger partial charge in [0.05, 0.1) is 6.20 Å². The topological polar surface area (TPSA) is 65.4 Å². The van der Waals surface area contributed by atoms with E-state index >= 15 is 0 Å². The Kier molecular flexibility index (Phi) is 2.56. The first-order chi connectivity index (χ1) is 9.15. The monoisotopic (exact) mass is 258 g/mol. The summed E-state index contributed by atoms with van der Waals surface area (Å²) in [6, 6.07) is 4.91. The van der Waals surface area contributed by atoms with Gasteiger partial charge in [-0.25, -0.2) is 9.37 Å². The molecule has 2 N–H and O–H groups in total. The third kappa shape index (κ3) is 1.97. The maximum atomic E-state index is 13.9. The van der Waals surface area contributed by atoms with Crippen LogP contribution in [0.25, 0.3) is 5.65 Å². The van der Waals surface area contributed by atoms with Gasteiger partial charge in [0, 0.05) is 12.4 Å². The van der Waals surface area contributed by atoms with Gasteiger partial charge in [0.2, 0.25) is 5.65 Å². The number of fused-ring (bicyclic) bond motifs is 1. The van der Waals surface area contributed by atoms with Gasteiger partial charge in [-0.3, -0.25) is 4.40 Å². The average molecular weight is 258 g/mol. The third-order valence-corrected chi connectivity index (χ3v) is 2.72. The lowest BCUT2D eigenvalue weighted by molar-refractivity contribution is 0.428. The van der Waals surface area contributed by atoms with E-state index in [0.717, 1.165) is 0 Å². The van der Waals surface area contributed by atoms with Crippen LogP contribution in [0.3, 0.4) is 0 Å². The molecule has 0 radical (unpaired) electrons. The molecule has 0 bridgehead atoms. The van der Waals surface area contributed by atoms with Gasteiger partial charge >= 0.3 is 0 Å². The Bertz CT molecular complexity index is 753. The molecule has 0 saturated heterocycles. The van der Waals surface area contributed by atoms with Crippen LogP contribution in [0.15, 0.2) is 36.8 Å². The number of halogens is 1. The van der Waals surface area contributed by atoms with Crippen LogP contribution in [0.4, 0.5) is 10.2 Å². The lowest BCUT2D eigenvalue weighted by atomic mass is 10.2. The van der Waals surface area contributed by atoms with Gasteiger partial charge in [-0.15, -0.1) is 0 Å². The predicted octanol–water partition coefficient (Wildman–Crippen LogP) is 2.55. The van der Waals surface area contributed by atoms with E-state index in [9.17, 15) is 4.39 Å². The van der Waals surface area contributed by atoms with Crippen molar-refractivity contribution in [1.82, 2.24) is 14.4 Å². The zero-order valence-corrected chi connectivity index (χ0v) is 10.2. The standard InChI is InChI=1S/C13H11FN4O/c1-8-3-2-4-9(11(8)14)19-13-12-16-5-6-18(12)7-10(15)17-13/h2-7H,15H2,1H3. The Hall–Kier alpha value is -2.63. The molecule has 0 spiro atoms. The van der Waals surface area contributed by atoms with Gasteiger partial charge in [-0.05, 0) is 18.6 Å². The summed E-state index contributed by atoms with van der Waals surface area (Å²) in [5.74, 6) is 0.127. The quantitative estimate of drug-likeness (QED) is 0.767. The number of nitrogens with zero attached hydrogens (tertiary/aromatic N) is 3. The Balaban J connectivity index is 2.10. The van der Waals surface area contributed by atoms with Gasteiger partial charge < -0.3 is 10.5 Å². The molecular weight excluding hydrogens is 247 g/mol. The van der Waals surface area contributed by atoms with Crippen molar-refractivity contribution in [2.24, 2.45) is 0 Å². The van der Waals surface area contributed by atoms with Crippen molar-refractivity contribution in [2.75, 3.05) is 5.73 Å². The van der Waals surface area contributed by atoms with Gasteiger partial charge in [0.25, 0.3) is 5.88 Å². The molecule has 0 aliphatic heterocycles. The first-order valence-electron chi connectivity index (χ1n) is 5.67. The van der Waals surface area contributed by atoms with Crippen LogP contribution in [0.2, 0.25) is 0 Å². The van der Waals surface area contributed by atoms with Crippen LogP contribution in [-0.4, -0.2) is 14.4 Å². The summed E-state index contributed by atoms with van der Waals surface area (Å²) < 4.78 is 21.1. The van der Waals surface area contributed by atoms with Gasteiger partial charge in [-0.2, -0.15) is 4.98 Å². The van der Waals surface area contributed by atoms with Crippen molar-refractivity contribution >= 4 is 11.5 Å². The number of rotatable bonds is 2. The summed E-state index contributed by atoms with van der Waals surface area (Å²) >= 11 is 0. The van der Waals surface area contributed by atoms with Gasteiger partial charge in [0.1, 0.15) is 5.82 Å². The van der Waals surface area contributed by atoms with E-state index in [4.69, 9.17) is 10.5 Å². The molecule has 3 rings (SSSR count). The van der Waals surface area contributed by atoms with Crippen LogP contribution in [-0.2, 0) is 0 Å². The van der Waals surface area contributed by atoms with Crippen LogP contribution in [0.5, 0.6) is 11.6 Å². The molecule has 5 nitrogen and oxygen atoms in total. The highest BCUT2D eigenvalue weighted by Gasteiger charge is 2.12. The van der Waals surface area contributed by atoms with Gasteiger partial charge in [0.15, 0.2) is 11.6 Å². The summed E-state index contributed by atoms with van der Waals surface area (Å²) in [7, 11) is 0. The number of nitrogen functional groups attached to an aromatic ring is 1. The molecule has 0 aliphatic rings. The van der Waals surface area contributed by atoms with E-state index in [1.54, 1.807) is 42.0 Å². The fraction of sp³-hybridized carbons (Fsp3) is 0.0769. The number of ether oxygens (including phenoxy) is 1. The van der Waals surface area contributed by atoms with E-state index in [0.29, 0.717) is 11.2 Å². The molecule has 0 fully saturated rings. The summed E-state index contributed by atoms with van der Waals surface area (Å²) in [5, 5.41) is 0. The average Bonchev–Trinajstić information content (AvgIpc) is 2.83. The first-order valence-corrected chi connectivity index (χ1v) is 5.67. The van der Waals surface area contributed by atoms with E-state index in [2.05, 4.69) is 9.97 Å². The van der Waals surface area contributed by atoms with Crippen molar-refractivity contribution in [1.29, 1.82) is 0 Å². The number of anilines is 1. The van der Waals surface area contributed by atoms with Crippen LogP contribution in [0.1, 0.15) is 5.56 Å². The highest BCUT2D eigenvalue weighted by atomic mass is 19.1. The van der Waals surface area contributed by atoms with Crippen LogP contribution < -0.4 is 10.5 Å². The van der Waals surface area contributed by atoms with Gasteiger partial charge in [-0.1, -0.05) is 12.1 Å². The zero-order chi connectivity index (χ0) is 13.4. The summed E-state index contributed by atoms with van der Waals surface area (Å²) in [6.45, 7) is 1.67. The van der Waals surface area contributed by atoms with Crippen molar-refractivity contribution in [2.45, 2.75) is 6.92 Å². The SMILES string of the molecule is Cc1cccc(Oc2nc(N)cn3ccnc23)c1F. The smallest absolute Gasteiger partial charge is 0.265 e. The number of hydrogen-bond acceptors (Lipinski definition) is 4. The van der Waals surface area contributed by atoms with E-state index in [-0.39, 0.29) is 17.4 Å². The molecule has 3 aromatic rings.